The smallest absolute Gasteiger partial charge is 0.255 e. The molecule has 2 N–H and O–H groups in total. The highest BCUT2D eigenvalue weighted by atomic mass is 19.1. The van der Waals surface area contributed by atoms with Crippen LogP contribution in [0.2, 0.25) is 0 Å². The van der Waals surface area contributed by atoms with Gasteiger partial charge in [-0.2, -0.15) is 5.10 Å². The summed E-state index contributed by atoms with van der Waals surface area (Å²) in [6.07, 6.45) is 4.89. The summed E-state index contributed by atoms with van der Waals surface area (Å²) in [4.78, 5) is 21.4. The normalized spacial score (nSPS) is 11.1. The van der Waals surface area contributed by atoms with E-state index in [2.05, 4.69) is 24.1 Å². The number of para-hydroxylation sites is 1. The van der Waals surface area contributed by atoms with Crippen LogP contribution >= 0.6 is 0 Å². The Balaban J connectivity index is 1.48. The van der Waals surface area contributed by atoms with Gasteiger partial charge in [-0.25, -0.2) is 14.4 Å². The monoisotopic (exact) mass is 473 g/mol. The maximum absolute atomic E-state index is 13.5. The molecule has 0 bridgehead atoms. The first-order chi connectivity index (χ1) is 16.9. The van der Waals surface area contributed by atoms with Crippen molar-refractivity contribution in [2.24, 2.45) is 5.92 Å². The third-order valence-electron chi connectivity index (χ3n) is 5.42. The van der Waals surface area contributed by atoms with Crippen molar-refractivity contribution in [2.45, 2.75) is 33.2 Å². The van der Waals surface area contributed by atoms with Crippen molar-refractivity contribution in [3.05, 3.63) is 84.2 Å². The van der Waals surface area contributed by atoms with Gasteiger partial charge in [-0.15, -0.1) is 0 Å². The molecule has 2 heterocycles. The van der Waals surface area contributed by atoms with Gasteiger partial charge >= 0.3 is 0 Å². The number of aryl methyl sites for hydroxylation is 1. The zero-order chi connectivity index (χ0) is 24.8. The number of hydrogen-bond acceptors (Lipinski definition) is 5. The highest BCUT2D eigenvalue weighted by Gasteiger charge is 2.16. The first-order valence-corrected chi connectivity index (χ1v) is 11.6. The summed E-state index contributed by atoms with van der Waals surface area (Å²) in [6, 6.07) is 14.6. The van der Waals surface area contributed by atoms with Crippen LogP contribution < -0.4 is 5.32 Å². The van der Waals surface area contributed by atoms with Crippen molar-refractivity contribution < 1.29 is 14.3 Å². The fraction of sp³-hybridized carbons (Fsp3) is 0.259. The largest absolute Gasteiger partial charge is 0.507 e. The van der Waals surface area contributed by atoms with E-state index in [1.807, 2.05) is 16.9 Å². The fourth-order valence-corrected chi connectivity index (χ4v) is 3.78. The van der Waals surface area contributed by atoms with E-state index < -0.39 is 0 Å². The zero-order valence-electron chi connectivity index (χ0n) is 19.8. The van der Waals surface area contributed by atoms with Crippen molar-refractivity contribution in [3.8, 4) is 28.3 Å². The lowest BCUT2D eigenvalue weighted by Gasteiger charge is -2.07. The molecule has 35 heavy (non-hydrogen) atoms. The van der Waals surface area contributed by atoms with Gasteiger partial charge in [0.05, 0.1) is 11.3 Å². The Morgan fingerprint density at radius 1 is 1.11 bits per heavy atom. The lowest BCUT2D eigenvalue weighted by atomic mass is 10.1. The van der Waals surface area contributed by atoms with Crippen LogP contribution in [0.3, 0.4) is 0 Å². The number of rotatable bonds is 9. The predicted molar refractivity (Wildman–Crippen MR) is 132 cm³/mol. The van der Waals surface area contributed by atoms with E-state index in [4.69, 9.17) is 10.1 Å². The number of benzene rings is 2. The van der Waals surface area contributed by atoms with Crippen LogP contribution in [0, 0.1) is 11.7 Å². The van der Waals surface area contributed by atoms with Crippen LogP contribution in [0.5, 0.6) is 5.75 Å². The van der Waals surface area contributed by atoms with Crippen LogP contribution in [0.25, 0.3) is 22.5 Å². The molecule has 2 aromatic heterocycles. The number of phenols is 1. The van der Waals surface area contributed by atoms with Crippen LogP contribution in [-0.4, -0.2) is 37.3 Å². The highest BCUT2D eigenvalue weighted by Crippen LogP contribution is 2.30. The predicted octanol–water partition coefficient (Wildman–Crippen LogP) is 4.87. The number of aromatic nitrogens is 4. The van der Waals surface area contributed by atoms with Gasteiger partial charge in [-0.05, 0) is 54.8 Å². The number of aromatic hydroxyl groups is 1. The Bertz CT molecular complexity index is 1300. The molecule has 180 valence electrons. The Labute approximate surface area is 203 Å². The maximum atomic E-state index is 13.5. The van der Waals surface area contributed by atoms with E-state index in [9.17, 15) is 14.3 Å². The summed E-state index contributed by atoms with van der Waals surface area (Å²) in [5.74, 6) is 0.407. The minimum atomic E-state index is -0.320. The maximum Gasteiger partial charge on any atom is 0.255 e. The second kappa shape index (κ2) is 10.9. The molecule has 4 rings (SSSR count). The van der Waals surface area contributed by atoms with Crippen LogP contribution in [-0.2, 0) is 13.0 Å². The van der Waals surface area contributed by atoms with Crippen molar-refractivity contribution in [3.63, 3.8) is 0 Å². The van der Waals surface area contributed by atoms with Gasteiger partial charge in [-0.1, -0.05) is 26.0 Å². The molecule has 0 fully saturated rings. The van der Waals surface area contributed by atoms with Crippen molar-refractivity contribution >= 4 is 5.91 Å². The molecular formula is C27H28FN5O2. The number of halogens is 1. The molecule has 8 heteroatoms. The van der Waals surface area contributed by atoms with E-state index in [0.29, 0.717) is 31.1 Å². The summed E-state index contributed by atoms with van der Waals surface area (Å²) in [5, 5.41) is 17.4. The van der Waals surface area contributed by atoms with Gasteiger partial charge in [0.1, 0.15) is 23.1 Å². The van der Waals surface area contributed by atoms with Gasteiger partial charge in [0.25, 0.3) is 5.91 Å². The SMILES string of the molecule is CC(C)Cn1cc(-c2ccnc(CCCNC(=O)c3ccccc3O)n2)c(-c2ccc(F)cc2)n1. The number of carbonyl (C=O) groups excluding carboxylic acids is 1. The molecule has 0 saturated heterocycles. The molecule has 1 amide bonds. The van der Waals surface area contributed by atoms with Crippen LogP contribution in [0.1, 0.15) is 36.5 Å². The molecule has 0 spiro atoms. The fourth-order valence-electron chi connectivity index (χ4n) is 3.78. The van der Waals surface area contributed by atoms with Crippen LogP contribution in [0.4, 0.5) is 4.39 Å². The average Bonchev–Trinajstić information content (AvgIpc) is 3.26. The Hall–Kier alpha value is -4.07. The third-order valence-corrected chi connectivity index (χ3v) is 5.42. The molecule has 0 aliphatic rings. The van der Waals surface area contributed by atoms with E-state index in [1.165, 1.54) is 18.2 Å². The van der Waals surface area contributed by atoms with Gasteiger partial charge in [-0.3, -0.25) is 9.48 Å². The second-order valence-corrected chi connectivity index (χ2v) is 8.75. The van der Waals surface area contributed by atoms with E-state index in [-0.39, 0.29) is 23.0 Å². The minimum absolute atomic E-state index is 0.0454. The molecule has 4 aromatic rings. The third kappa shape index (κ3) is 6.09. The molecule has 2 aromatic carbocycles. The first kappa shape index (κ1) is 24.1. The zero-order valence-corrected chi connectivity index (χ0v) is 19.8. The Morgan fingerprint density at radius 3 is 2.63 bits per heavy atom. The molecular weight excluding hydrogens is 445 g/mol. The van der Waals surface area contributed by atoms with E-state index >= 15 is 0 Å². The van der Waals surface area contributed by atoms with E-state index in [0.717, 1.165) is 29.1 Å². The number of hydrogen-bond donors (Lipinski definition) is 2. The second-order valence-electron chi connectivity index (χ2n) is 8.75. The number of nitrogens with zero attached hydrogens (tertiary/aromatic N) is 4. The van der Waals surface area contributed by atoms with Gasteiger partial charge in [0.15, 0.2) is 0 Å². The molecule has 0 radical (unpaired) electrons. The van der Waals surface area contributed by atoms with Gasteiger partial charge < -0.3 is 10.4 Å². The quantitative estimate of drug-likeness (QED) is 0.338. The van der Waals surface area contributed by atoms with E-state index in [1.54, 1.807) is 36.5 Å². The Morgan fingerprint density at radius 2 is 1.89 bits per heavy atom. The van der Waals surface area contributed by atoms with Crippen LogP contribution in [0.15, 0.2) is 67.0 Å². The first-order valence-electron chi connectivity index (χ1n) is 11.6. The molecule has 0 unspecified atom stereocenters. The van der Waals surface area contributed by atoms with Gasteiger partial charge in [0, 0.05) is 43.0 Å². The topological polar surface area (TPSA) is 92.9 Å². The number of phenolic OH excluding ortho intramolecular Hbond substituents is 1. The van der Waals surface area contributed by atoms with Crippen molar-refractivity contribution in [1.29, 1.82) is 0 Å². The number of amides is 1. The standard InChI is InChI=1S/C27H28FN5O2/c1-18(2)16-33-17-22(26(32-33)19-9-11-20(28)12-10-19)23-13-15-29-25(31-23)8-5-14-30-27(35)21-6-3-4-7-24(21)34/h3-4,6-7,9-13,15,17-18,34H,5,8,14,16H2,1-2H3,(H,30,35). The molecule has 7 nitrogen and oxygen atoms in total. The molecule has 0 aliphatic heterocycles. The minimum Gasteiger partial charge on any atom is -0.507 e. The van der Waals surface area contributed by atoms with Gasteiger partial charge in [0.2, 0.25) is 0 Å². The lowest BCUT2D eigenvalue weighted by molar-refractivity contribution is 0.0950. The number of carbonyl (C=O) groups is 1. The highest BCUT2D eigenvalue weighted by molar-refractivity contribution is 5.96. The summed E-state index contributed by atoms with van der Waals surface area (Å²) < 4.78 is 15.4. The van der Waals surface area contributed by atoms with Crippen molar-refractivity contribution in [2.75, 3.05) is 6.54 Å². The molecule has 0 aliphatic carbocycles. The van der Waals surface area contributed by atoms with Crippen molar-refractivity contribution in [1.82, 2.24) is 25.1 Å². The average molecular weight is 474 g/mol. The molecule has 0 atom stereocenters. The summed E-state index contributed by atoms with van der Waals surface area (Å²) in [5.41, 5.74) is 3.40. The summed E-state index contributed by atoms with van der Waals surface area (Å²) in [6.45, 7) is 5.43. The lowest BCUT2D eigenvalue weighted by Crippen LogP contribution is -2.25. The Kier molecular flexibility index (Phi) is 7.50. The summed E-state index contributed by atoms with van der Waals surface area (Å²) >= 11 is 0. The number of nitrogens with one attached hydrogen (secondary N) is 1. The summed E-state index contributed by atoms with van der Waals surface area (Å²) in [7, 11) is 0. The molecule has 0 saturated carbocycles.